The van der Waals surface area contributed by atoms with Crippen LogP contribution in [-0.2, 0) is 4.74 Å². The fraction of sp³-hybridized carbons (Fsp3) is 0.640. The van der Waals surface area contributed by atoms with Crippen molar-refractivity contribution in [1.29, 1.82) is 0 Å². The van der Waals surface area contributed by atoms with Crippen molar-refractivity contribution in [3.63, 3.8) is 0 Å². The maximum Gasteiger partial charge on any atom is 0.241 e. The number of aromatic nitrogens is 5. The van der Waals surface area contributed by atoms with Gasteiger partial charge in [-0.25, -0.2) is 9.50 Å². The molecule has 3 aromatic rings. The number of rotatable bonds is 7. The summed E-state index contributed by atoms with van der Waals surface area (Å²) in [5.41, 5.74) is 4.28. The molecule has 0 spiro atoms. The van der Waals surface area contributed by atoms with Gasteiger partial charge in [0.2, 0.25) is 5.95 Å². The van der Waals surface area contributed by atoms with Gasteiger partial charge >= 0.3 is 0 Å². The van der Waals surface area contributed by atoms with E-state index < -0.39 is 0 Å². The number of aliphatic hydroxyl groups excluding tert-OH is 1. The fourth-order valence-corrected chi connectivity index (χ4v) is 5.32. The molecule has 178 valence electrons. The van der Waals surface area contributed by atoms with E-state index in [1.807, 2.05) is 12.4 Å². The van der Waals surface area contributed by atoms with Crippen LogP contribution in [0.3, 0.4) is 0 Å². The highest BCUT2D eigenvalue weighted by Gasteiger charge is 2.37. The van der Waals surface area contributed by atoms with Gasteiger partial charge < -0.3 is 15.2 Å². The Labute approximate surface area is 195 Å². The molecule has 0 amide bonds. The van der Waals surface area contributed by atoms with E-state index in [9.17, 15) is 5.11 Å². The molecule has 2 N–H and O–H groups in total. The second kappa shape index (κ2) is 8.72. The summed E-state index contributed by atoms with van der Waals surface area (Å²) in [4.78, 5) is 4.62. The first kappa shape index (κ1) is 22.3. The second-order valence-corrected chi connectivity index (χ2v) is 10.6. The molecule has 0 bridgehead atoms. The predicted molar refractivity (Wildman–Crippen MR) is 128 cm³/mol. The number of hydrogen-bond acceptors (Lipinski definition) is 6. The molecule has 0 aliphatic heterocycles. The first-order valence-corrected chi connectivity index (χ1v) is 12.2. The van der Waals surface area contributed by atoms with Crippen LogP contribution in [0.5, 0.6) is 0 Å². The molecule has 2 aliphatic carbocycles. The summed E-state index contributed by atoms with van der Waals surface area (Å²) < 4.78 is 9.43. The Morgan fingerprint density at radius 1 is 1.24 bits per heavy atom. The molecule has 0 unspecified atom stereocenters. The number of fused-ring (bicyclic) bond motifs is 1. The van der Waals surface area contributed by atoms with Gasteiger partial charge in [-0.15, -0.1) is 5.10 Å². The van der Waals surface area contributed by atoms with Gasteiger partial charge in [-0.3, -0.25) is 4.68 Å². The summed E-state index contributed by atoms with van der Waals surface area (Å²) >= 11 is 0. The SMILES string of the molecule is COC[C@H](C)Nc1ncc2c(-c3cnn(C4CCC4)c3)cc([C@@H]3CC[C@@H](O)C(C)(C)C3)n2n1. The number of anilines is 1. The molecule has 3 atom stereocenters. The van der Waals surface area contributed by atoms with Gasteiger partial charge in [-0.05, 0) is 56.9 Å². The lowest BCUT2D eigenvalue weighted by Gasteiger charge is -2.39. The molecule has 8 nitrogen and oxygen atoms in total. The maximum absolute atomic E-state index is 10.5. The summed E-state index contributed by atoms with van der Waals surface area (Å²) in [5.74, 6) is 0.918. The van der Waals surface area contributed by atoms with Crippen molar-refractivity contribution in [3.05, 3.63) is 30.4 Å². The number of methoxy groups -OCH3 is 1. The smallest absolute Gasteiger partial charge is 0.241 e. The van der Waals surface area contributed by atoms with Crippen LogP contribution in [-0.4, -0.2) is 55.3 Å². The molecule has 8 heteroatoms. The Kier molecular flexibility index (Phi) is 5.91. The minimum Gasteiger partial charge on any atom is -0.393 e. The van der Waals surface area contributed by atoms with Crippen molar-refractivity contribution in [2.45, 2.75) is 83.4 Å². The number of ether oxygens (including phenoxy) is 1. The van der Waals surface area contributed by atoms with E-state index in [2.05, 4.69) is 57.6 Å². The average Bonchev–Trinajstić information content (AvgIpc) is 3.33. The van der Waals surface area contributed by atoms with Crippen molar-refractivity contribution < 1.29 is 9.84 Å². The van der Waals surface area contributed by atoms with Crippen LogP contribution in [0, 0.1) is 5.41 Å². The minimum atomic E-state index is -0.262. The maximum atomic E-state index is 10.5. The lowest BCUT2D eigenvalue weighted by Crippen LogP contribution is -2.36. The third-order valence-electron chi connectivity index (χ3n) is 7.58. The summed E-state index contributed by atoms with van der Waals surface area (Å²) in [6.07, 6.45) is 12.2. The zero-order valence-electron chi connectivity index (χ0n) is 20.2. The van der Waals surface area contributed by atoms with Crippen molar-refractivity contribution in [3.8, 4) is 11.1 Å². The quantitative estimate of drug-likeness (QED) is 0.552. The first-order valence-electron chi connectivity index (χ1n) is 12.2. The van der Waals surface area contributed by atoms with Crippen LogP contribution in [0.2, 0.25) is 0 Å². The van der Waals surface area contributed by atoms with Gasteiger partial charge in [0.15, 0.2) is 0 Å². The third kappa shape index (κ3) is 4.26. The van der Waals surface area contributed by atoms with Gasteiger partial charge in [0.1, 0.15) is 0 Å². The summed E-state index contributed by atoms with van der Waals surface area (Å²) in [7, 11) is 1.70. The van der Waals surface area contributed by atoms with Crippen molar-refractivity contribution in [1.82, 2.24) is 24.4 Å². The summed E-state index contributed by atoms with van der Waals surface area (Å²) in [6, 6.07) is 2.91. The molecular formula is C25H36N6O2. The van der Waals surface area contributed by atoms with Crippen LogP contribution in [0.25, 0.3) is 16.6 Å². The van der Waals surface area contributed by atoms with E-state index in [1.54, 1.807) is 7.11 Å². The normalized spacial score (nSPS) is 24.0. The van der Waals surface area contributed by atoms with E-state index in [4.69, 9.17) is 9.84 Å². The number of hydrogen-bond donors (Lipinski definition) is 2. The van der Waals surface area contributed by atoms with Crippen LogP contribution < -0.4 is 5.32 Å². The zero-order chi connectivity index (χ0) is 23.2. The number of nitrogens with one attached hydrogen (secondary N) is 1. The molecule has 2 saturated carbocycles. The summed E-state index contributed by atoms with van der Waals surface area (Å²) in [5, 5.41) is 23.4. The van der Waals surface area contributed by atoms with Crippen molar-refractivity contribution in [2.75, 3.05) is 19.0 Å². The monoisotopic (exact) mass is 452 g/mol. The molecule has 0 saturated heterocycles. The van der Waals surface area contributed by atoms with E-state index in [0.29, 0.717) is 24.5 Å². The average molecular weight is 453 g/mol. The van der Waals surface area contributed by atoms with E-state index >= 15 is 0 Å². The molecule has 3 aromatic heterocycles. The molecule has 2 aliphatic rings. The lowest BCUT2D eigenvalue weighted by molar-refractivity contribution is 0.00492. The molecule has 3 heterocycles. The standard InChI is InChI=1S/C25H36N6O2/c1-16(15-33-4)28-24-26-13-22-20(18-12-27-30(14-18)19-6-5-7-19)10-21(31(22)29-24)17-8-9-23(32)25(2,3)11-17/h10,12-14,16-17,19,23,32H,5-9,11,15H2,1-4H3,(H,28,29)/t16-,17+,23+/m0/s1. The van der Waals surface area contributed by atoms with Gasteiger partial charge in [0.25, 0.3) is 0 Å². The molecule has 5 rings (SSSR count). The number of aliphatic hydroxyl groups is 1. The second-order valence-electron chi connectivity index (χ2n) is 10.6. The van der Waals surface area contributed by atoms with Crippen LogP contribution in [0.4, 0.5) is 5.95 Å². The Morgan fingerprint density at radius 3 is 2.76 bits per heavy atom. The third-order valence-corrected chi connectivity index (χ3v) is 7.58. The Morgan fingerprint density at radius 2 is 2.06 bits per heavy atom. The molecule has 0 aromatic carbocycles. The Hall–Kier alpha value is -2.45. The first-order chi connectivity index (χ1) is 15.9. The van der Waals surface area contributed by atoms with Gasteiger partial charge in [0.05, 0.1) is 36.7 Å². The predicted octanol–water partition coefficient (Wildman–Crippen LogP) is 4.42. The van der Waals surface area contributed by atoms with E-state index in [0.717, 1.165) is 35.9 Å². The van der Waals surface area contributed by atoms with Gasteiger partial charge in [-0.1, -0.05) is 13.8 Å². The minimum absolute atomic E-state index is 0.107. The van der Waals surface area contributed by atoms with Crippen LogP contribution >= 0.6 is 0 Å². The van der Waals surface area contributed by atoms with Crippen LogP contribution in [0.15, 0.2) is 24.7 Å². The zero-order valence-corrected chi connectivity index (χ0v) is 20.2. The van der Waals surface area contributed by atoms with Crippen molar-refractivity contribution >= 4 is 11.5 Å². The largest absolute Gasteiger partial charge is 0.393 e. The fourth-order valence-electron chi connectivity index (χ4n) is 5.32. The summed E-state index contributed by atoms with van der Waals surface area (Å²) in [6.45, 7) is 6.97. The molecule has 0 radical (unpaired) electrons. The van der Waals surface area contributed by atoms with Crippen molar-refractivity contribution in [2.24, 2.45) is 5.41 Å². The number of nitrogens with zero attached hydrogens (tertiary/aromatic N) is 5. The van der Waals surface area contributed by atoms with Gasteiger partial charge in [-0.2, -0.15) is 5.10 Å². The molecule has 2 fully saturated rings. The Bertz CT molecular complexity index is 1120. The lowest BCUT2D eigenvalue weighted by atomic mass is 9.69. The van der Waals surface area contributed by atoms with Crippen LogP contribution in [0.1, 0.15) is 76.9 Å². The highest BCUT2D eigenvalue weighted by Crippen LogP contribution is 2.45. The van der Waals surface area contributed by atoms with E-state index in [-0.39, 0.29) is 17.6 Å². The highest BCUT2D eigenvalue weighted by molar-refractivity contribution is 5.81. The molecule has 33 heavy (non-hydrogen) atoms. The Balaban J connectivity index is 1.55. The highest BCUT2D eigenvalue weighted by atomic mass is 16.5. The topological polar surface area (TPSA) is 89.5 Å². The van der Waals surface area contributed by atoms with Gasteiger partial charge in [0, 0.05) is 42.1 Å². The molecular weight excluding hydrogens is 416 g/mol. The van der Waals surface area contributed by atoms with E-state index in [1.165, 1.54) is 25.0 Å².